The number of unbranched alkanes of at least 4 members (excludes halogenated alkanes) is 50. The van der Waals surface area contributed by atoms with Crippen LogP contribution in [0.5, 0.6) is 0 Å². The van der Waals surface area contributed by atoms with Crippen molar-refractivity contribution in [1.82, 2.24) is 0 Å². The van der Waals surface area contributed by atoms with E-state index in [-0.39, 0.29) is 25.7 Å². The van der Waals surface area contributed by atoms with Crippen molar-refractivity contribution >= 4 is 39.5 Å². The van der Waals surface area contributed by atoms with E-state index in [0.29, 0.717) is 25.7 Å². The highest BCUT2D eigenvalue weighted by molar-refractivity contribution is 7.47. The van der Waals surface area contributed by atoms with E-state index >= 15 is 0 Å². The minimum absolute atomic E-state index is 0.106. The third-order valence-corrected chi connectivity index (χ3v) is 20.9. The molecule has 0 fully saturated rings. The number of hydrogen-bond donors (Lipinski definition) is 3. The van der Waals surface area contributed by atoms with Gasteiger partial charge in [-0.2, -0.15) is 0 Å². The summed E-state index contributed by atoms with van der Waals surface area (Å²) in [5, 5.41) is 10.6. The lowest BCUT2D eigenvalue weighted by Gasteiger charge is -2.21. The number of aliphatic hydroxyl groups excluding tert-OH is 1. The van der Waals surface area contributed by atoms with Gasteiger partial charge in [-0.25, -0.2) is 9.13 Å². The van der Waals surface area contributed by atoms with E-state index in [1.165, 1.54) is 244 Å². The molecule has 19 heteroatoms. The van der Waals surface area contributed by atoms with Crippen molar-refractivity contribution < 1.29 is 80.2 Å². The number of esters is 4. The lowest BCUT2D eigenvalue weighted by atomic mass is 10.0. The van der Waals surface area contributed by atoms with E-state index in [0.717, 1.165) is 102 Å². The average molecular weight is 1470 g/mol. The summed E-state index contributed by atoms with van der Waals surface area (Å²) in [4.78, 5) is 72.9. The Morgan fingerprint density at radius 2 is 0.460 bits per heavy atom. The molecule has 2 unspecified atom stereocenters. The van der Waals surface area contributed by atoms with Crippen LogP contribution in [-0.2, 0) is 65.4 Å². The Kier molecular flexibility index (Phi) is 71.2. The first-order chi connectivity index (χ1) is 48.4. The predicted octanol–water partition coefficient (Wildman–Crippen LogP) is 24.3. The Morgan fingerprint density at radius 3 is 0.680 bits per heavy atom. The maximum Gasteiger partial charge on any atom is 0.472 e. The van der Waals surface area contributed by atoms with Crippen molar-refractivity contribution in [2.75, 3.05) is 39.6 Å². The molecule has 0 aliphatic heterocycles. The minimum Gasteiger partial charge on any atom is -0.462 e. The van der Waals surface area contributed by atoms with Gasteiger partial charge in [0.25, 0.3) is 0 Å². The quantitative estimate of drug-likeness (QED) is 0.0222. The van der Waals surface area contributed by atoms with E-state index < -0.39 is 97.5 Å². The summed E-state index contributed by atoms with van der Waals surface area (Å²) < 4.78 is 68.6. The van der Waals surface area contributed by atoms with E-state index in [2.05, 4.69) is 41.5 Å². The van der Waals surface area contributed by atoms with Gasteiger partial charge in [-0.05, 0) is 37.5 Å². The first-order valence-corrected chi connectivity index (χ1v) is 45.0. The number of carbonyl (C=O) groups excluding carboxylic acids is 4. The summed E-state index contributed by atoms with van der Waals surface area (Å²) in [7, 11) is -9.92. The molecule has 0 rings (SSSR count). The third kappa shape index (κ3) is 74.3. The maximum absolute atomic E-state index is 13.1. The number of ether oxygens (including phenoxy) is 4. The Balaban J connectivity index is 5.20. The van der Waals surface area contributed by atoms with Gasteiger partial charge in [0.15, 0.2) is 12.2 Å². The smallest absolute Gasteiger partial charge is 0.462 e. The summed E-state index contributed by atoms with van der Waals surface area (Å²) in [6.07, 6.45) is 62.6. The van der Waals surface area contributed by atoms with Gasteiger partial charge in [0.2, 0.25) is 0 Å². The fourth-order valence-electron chi connectivity index (χ4n) is 12.5. The molecule has 0 radical (unpaired) electrons. The van der Waals surface area contributed by atoms with Crippen LogP contribution >= 0.6 is 15.6 Å². The molecule has 0 saturated heterocycles. The van der Waals surface area contributed by atoms with E-state index in [1.807, 2.05) is 0 Å². The highest BCUT2D eigenvalue weighted by Crippen LogP contribution is 2.45. The highest BCUT2D eigenvalue weighted by Gasteiger charge is 2.30. The van der Waals surface area contributed by atoms with Crippen molar-refractivity contribution in [1.29, 1.82) is 0 Å². The molecule has 0 aromatic carbocycles. The lowest BCUT2D eigenvalue weighted by Crippen LogP contribution is -2.30. The molecule has 0 spiro atoms. The standard InChI is InChI=1S/C81H158O17P2/c1-7-9-11-13-15-17-18-19-20-21-25-28-31-34-40-46-52-58-64-79(84)92-70-77(97-80(85)65-59-53-47-41-35-32-29-26-23-22-24-27-30-33-38-43-49-55-61-73(3)4)72-96-100(89,90)94-68-75(82)67-93-99(87,88)95-71-76(69-91-78(83)63-57-51-45-37-16-14-12-10-8-2)98-81(86)66-60-54-48-42-36-39-44-50-56-62-74(5)6/h73-77,82H,7-72H2,1-6H3,(H,87,88)(H,89,90)/t75-,76+,77+/m0/s1. The second-order valence-corrected chi connectivity index (χ2v) is 33.0. The molecule has 0 aliphatic rings. The zero-order valence-electron chi connectivity index (χ0n) is 65.5. The van der Waals surface area contributed by atoms with Gasteiger partial charge >= 0.3 is 39.5 Å². The molecule has 100 heavy (non-hydrogen) atoms. The first kappa shape index (κ1) is 98.1. The molecule has 0 bridgehead atoms. The zero-order chi connectivity index (χ0) is 73.5. The lowest BCUT2D eigenvalue weighted by molar-refractivity contribution is -0.161. The molecule has 0 amide bonds. The molecular formula is C81H158O17P2. The molecule has 0 heterocycles. The predicted molar refractivity (Wildman–Crippen MR) is 409 cm³/mol. The molecule has 0 saturated carbocycles. The van der Waals surface area contributed by atoms with Crippen LogP contribution in [0.25, 0.3) is 0 Å². The van der Waals surface area contributed by atoms with Gasteiger partial charge in [-0.1, -0.05) is 375 Å². The summed E-state index contributed by atoms with van der Waals surface area (Å²) in [5.74, 6) is -0.554. The summed E-state index contributed by atoms with van der Waals surface area (Å²) in [6, 6.07) is 0. The van der Waals surface area contributed by atoms with Crippen molar-refractivity contribution in [3.8, 4) is 0 Å². The van der Waals surface area contributed by atoms with Crippen molar-refractivity contribution in [2.45, 2.75) is 445 Å². The molecule has 594 valence electrons. The number of phosphoric ester groups is 2. The van der Waals surface area contributed by atoms with Crippen LogP contribution in [0, 0.1) is 11.8 Å². The van der Waals surface area contributed by atoms with Crippen LogP contribution in [0.2, 0.25) is 0 Å². The largest absolute Gasteiger partial charge is 0.472 e. The highest BCUT2D eigenvalue weighted by atomic mass is 31.2. The zero-order valence-corrected chi connectivity index (χ0v) is 67.3. The molecule has 5 atom stereocenters. The fraction of sp³-hybridized carbons (Fsp3) is 0.951. The van der Waals surface area contributed by atoms with Gasteiger partial charge < -0.3 is 33.8 Å². The SMILES string of the molecule is CCCCCCCCCCCCCCCCCCCCC(=O)OC[C@H](COP(=O)(O)OC[C@@H](O)COP(=O)(O)OC[C@@H](COC(=O)CCCCCCCCCCC)OC(=O)CCCCCCCCCCCC(C)C)OC(=O)CCCCCCCCCCCCCCCCCCCCC(C)C. The van der Waals surface area contributed by atoms with E-state index in [9.17, 15) is 43.2 Å². The van der Waals surface area contributed by atoms with Gasteiger partial charge in [0.05, 0.1) is 26.4 Å². The number of rotatable bonds is 80. The van der Waals surface area contributed by atoms with Gasteiger partial charge in [-0.15, -0.1) is 0 Å². The topological polar surface area (TPSA) is 237 Å². The molecule has 3 N–H and O–H groups in total. The van der Waals surface area contributed by atoms with Crippen LogP contribution in [-0.4, -0.2) is 96.7 Å². The van der Waals surface area contributed by atoms with Crippen LogP contribution in [0.15, 0.2) is 0 Å². The maximum atomic E-state index is 13.1. The van der Waals surface area contributed by atoms with Gasteiger partial charge in [0.1, 0.15) is 19.3 Å². The summed E-state index contributed by atoms with van der Waals surface area (Å²) in [5.41, 5.74) is 0. The van der Waals surface area contributed by atoms with Crippen LogP contribution in [0.1, 0.15) is 427 Å². The molecule has 17 nitrogen and oxygen atoms in total. The van der Waals surface area contributed by atoms with Gasteiger partial charge in [-0.3, -0.25) is 37.3 Å². The Bertz CT molecular complexity index is 1920. The Hall–Kier alpha value is -1.94. The number of phosphoric acid groups is 2. The van der Waals surface area contributed by atoms with Crippen molar-refractivity contribution in [2.24, 2.45) is 11.8 Å². The minimum atomic E-state index is -4.96. The van der Waals surface area contributed by atoms with Crippen LogP contribution in [0.3, 0.4) is 0 Å². The molecule has 0 aromatic heterocycles. The second kappa shape index (κ2) is 72.6. The Labute approximate surface area is 613 Å². The average Bonchev–Trinajstić information content (AvgIpc) is 0.933. The number of carbonyl (C=O) groups is 4. The third-order valence-electron chi connectivity index (χ3n) is 19.0. The monoisotopic (exact) mass is 1470 g/mol. The van der Waals surface area contributed by atoms with Crippen LogP contribution < -0.4 is 0 Å². The van der Waals surface area contributed by atoms with Gasteiger partial charge in [0, 0.05) is 25.7 Å². The molecule has 0 aliphatic carbocycles. The first-order valence-electron chi connectivity index (χ1n) is 42.0. The van der Waals surface area contributed by atoms with Crippen LogP contribution in [0.4, 0.5) is 0 Å². The van der Waals surface area contributed by atoms with E-state index in [1.54, 1.807) is 0 Å². The van der Waals surface area contributed by atoms with Crippen molar-refractivity contribution in [3.63, 3.8) is 0 Å². The van der Waals surface area contributed by atoms with Crippen molar-refractivity contribution in [3.05, 3.63) is 0 Å². The summed E-state index contributed by atoms with van der Waals surface area (Å²) in [6.45, 7) is 9.63. The number of hydrogen-bond acceptors (Lipinski definition) is 15. The Morgan fingerprint density at radius 1 is 0.270 bits per heavy atom. The normalized spacial score (nSPS) is 13.9. The number of aliphatic hydroxyl groups is 1. The second-order valence-electron chi connectivity index (χ2n) is 30.1. The fourth-order valence-corrected chi connectivity index (χ4v) is 14.1. The molecule has 0 aromatic rings. The van der Waals surface area contributed by atoms with E-state index in [4.69, 9.17) is 37.0 Å². The summed E-state index contributed by atoms with van der Waals surface area (Å²) >= 11 is 0. The molecular weight excluding hydrogens is 1310 g/mol.